The van der Waals surface area contributed by atoms with Crippen LogP contribution in [0.1, 0.15) is 21.7 Å². The first-order chi connectivity index (χ1) is 11.5. The molecule has 3 rings (SSSR count). The molecular formula is C17H17N5O2. The van der Waals surface area contributed by atoms with E-state index in [1.165, 1.54) is 0 Å². The molecule has 0 bridgehead atoms. The van der Waals surface area contributed by atoms with Crippen LogP contribution >= 0.6 is 0 Å². The van der Waals surface area contributed by atoms with Crippen LogP contribution in [0.15, 0.2) is 42.9 Å². The second-order valence-corrected chi connectivity index (χ2v) is 5.45. The van der Waals surface area contributed by atoms with Crippen LogP contribution in [-0.2, 0) is 13.6 Å². The molecule has 7 heteroatoms. The molecule has 0 unspecified atom stereocenters. The van der Waals surface area contributed by atoms with Gasteiger partial charge in [-0.2, -0.15) is 5.10 Å². The highest BCUT2D eigenvalue weighted by Gasteiger charge is 2.09. The van der Waals surface area contributed by atoms with Crippen molar-refractivity contribution in [2.24, 2.45) is 7.05 Å². The maximum absolute atomic E-state index is 11.0. The summed E-state index contributed by atoms with van der Waals surface area (Å²) in [5, 5.41) is 16.4. The Hall–Kier alpha value is -3.22. The smallest absolute Gasteiger partial charge is 0.335 e. The average Bonchev–Trinajstić information content (AvgIpc) is 2.98. The number of aryl methyl sites for hydroxylation is 2. The van der Waals surface area contributed by atoms with E-state index < -0.39 is 5.97 Å². The lowest BCUT2D eigenvalue weighted by molar-refractivity contribution is 0.0697. The Kier molecular flexibility index (Phi) is 4.24. The Morgan fingerprint density at radius 2 is 2.17 bits per heavy atom. The number of carboxylic acid groups (broad SMARTS) is 1. The van der Waals surface area contributed by atoms with Crippen molar-refractivity contribution >= 4 is 11.7 Å². The normalized spacial score (nSPS) is 10.6. The molecule has 0 radical (unpaired) electrons. The SMILES string of the molecule is Cc1cc(C(=O)O)ccc1-c1ccnc(CNc2cnn(C)c2)n1. The molecule has 0 aliphatic carbocycles. The first-order valence-corrected chi connectivity index (χ1v) is 7.41. The molecule has 0 saturated carbocycles. The lowest BCUT2D eigenvalue weighted by Gasteiger charge is -2.08. The number of aromatic nitrogens is 4. The maximum atomic E-state index is 11.0. The number of hydrogen-bond acceptors (Lipinski definition) is 5. The first-order valence-electron chi connectivity index (χ1n) is 7.41. The number of nitrogens with zero attached hydrogens (tertiary/aromatic N) is 4. The highest BCUT2D eigenvalue weighted by Crippen LogP contribution is 2.22. The molecule has 0 saturated heterocycles. The van der Waals surface area contributed by atoms with Crippen molar-refractivity contribution in [3.8, 4) is 11.3 Å². The number of aromatic carboxylic acids is 1. The van der Waals surface area contributed by atoms with Crippen LogP contribution in [0.5, 0.6) is 0 Å². The fourth-order valence-corrected chi connectivity index (χ4v) is 2.41. The molecule has 122 valence electrons. The van der Waals surface area contributed by atoms with Crippen molar-refractivity contribution in [2.75, 3.05) is 5.32 Å². The Morgan fingerprint density at radius 3 is 2.83 bits per heavy atom. The Labute approximate surface area is 139 Å². The number of nitrogens with one attached hydrogen (secondary N) is 1. The molecule has 2 N–H and O–H groups in total. The van der Waals surface area contributed by atoms with E-state index in [4.69, 9.17) is 5.11 Å². The molecule has 3 aromatic rings. The minimum Gasteiger partial charge on any atom is -0.478 e. The van der Waals surface area contributed by atoms with Crippen molar-refractivity contribution in [3.05, 3.63) is 59.8 Å². The Morgan fingerprint density at radius 1 is 1.33 bits per heavy atom. The zero-order valence-corrected chi connectivity index (χ0v) is 13.4. The Balaban J connectivity index is 1.81. The molecule has 0 aliphatic heterocycles. The summed E-state index contributed by atoms with van der Waals surface area (Å²) in [6.45, 7) is 2.35. The van der Waals surface area contributed by atoms with Gasteiger partial charge in [0.1, 0.15) is 5.82 Å². The van der Waals surface area contributed by atoms with Gasteiger partial charge in [0.05, 0.1) is 29.7 Å². The molecule has 7 nitrogen and oxygen atoms in total. The monoisotopic (exact) mass is 323 g/mol. The number of rotatable bonds is 5. The van der Waals surface area contributed by atoms with Crippen molar-refractivity contribution in [1.29, 1.82) is 0 Å². The average molecular weight is 323 g/mol. The largest absolute Gasteiger partial charge is 0.478 e. The number of anilines is 1. The van der Waals surface area contributed by atoms with Crippen molar-refractivity contribution in [3.63, 3.8) is 0 Å². The van der Waals surface area contributed by atoms with Crippen molar-refractivity contribution in [2.45, 2.75) is 13.5 Å². The van der Waals surface area contributed by atoms with Crippen LogP contribution in [-0.4, -0.2) is 30.8 Å². The van der Waals surface area contributed by atoms with Crippen LogP contribution in [0, 0.1) is 6.92 Å². The molecule has 0 aliphatic rings. The van der Waals surface area contributed by atoms with E-state index in [-0.39, 0.29) is 5.56 Å². The van der Waals surface area contributed by atoms with Crippen molar-refractivity contribution < 1.29 is 9.90 Å². The first kappa shape index (κ1) is 15.7. The molecule has 1 aromatic carbocycles. The van der Waals surface area contributed by atoms with Crippen LogP contribution in [0.2, 0.25) is 0 Å². The van der Waals surface area contributed by atoms with Gasteiger partial charge in [-0.05, 0) is 30.7 Å². The van der Waals surface area contributed by atoms with Gasteiger partial charge in [0.2, 0.25) is 0 Å². The third-order valence-electron chi connectivity index (χ3n) is 3.61. The van der Waals surface area contributed by atoms with E-state index in [1.54, 1.807) is 35.3 Å². The van der Waals surface area contributed by atoms with Gasteiger partial charge in [-0.25, -0.2) is 14.8 Å². The third kappa shape index (κ3) is 3.40. The summed E-state index contributed by atoms with van der Waals surface area (Å²) in [6, 6.07) is 6.82. The van der Waals surface area contributed by atoms with E-state index in [2.05, 4.69) is 20.4 Å². The van der Waals surface area contributed by atoms with Crippen LogP contribution in [0.25, 0.3) is 11.3 Å². The number of hydrogen-bond donors (Lipinski definition) is 2. The van der Waals surface area contributed by atoms with Gasteiger partial charge in [-0.1, -0.05) is 6.07 Å². The van der Waals surface area contributed by atoms with Crippen LogP contribution in [0.4, 0.5) is 5.69 Å². The van der Waals surface area contributed by atoms with Gasteiger partial charge in [-0.15, -0.1) is 0 Å². The zero-order valence-electron chi connectivity index (χ0n) is 13.4. The lowest BCUT2D eigenvalue weighted by Crippen LogP contribution is -2.05. The highest BCUT2D eigenvalue weighted by atomic mass is 16.4. The summed E-state index contributed by atoms with van der Waals surface area (Å²) >= 11 is 0. The summed E-state index contributed by atoms with van der Waals surface area (Å²) in [5.41, 5.74) is 3.68. The van der Waals surface area contributed by atoms with Gasteiger partial charge in [0.25, 0.3) is 0 Å². The summed E-state index contributed by atoms with van der Waals surface area (Å²) in [5.74, 6) is -0.285. The van der Waals surface area contributed by atoms with Crippen molar-refractivity contribution in [1.82, 2.24) is 19.7 Å². The second kappa shape index (κ2) is 6.49. The topological polar surface area (TPSA) is 92.9 Å². The standard InChI is InChI=1S/C17H17N5O2/c1-11-7-12(17(23)24)3-4-14(11)15-5-6-18-16(21-15)9-19-13-8-20-22(2)10-13/h3-8,10,19H,9H2,1-2H3,(H,23,24). The van der Waals surface area contributed by atoms with E-state index in [0.29, 0.717) is 12.4 Å². The van der Waals surface area contributed by atoms with E-state index in [9.17, 15) is 4.79 Å². The summed E-state index contributed by atoms with van der Waals surface area (Å²) < 4.78 is 1.72. The number of carbonyl (C=O) groups is 1. The molecular weight excluding hydrogens is 306 g/mol. The predicted molar refractivity (Wildman–Crippen MR) is 89.7 cm³/mol. The summed E-state index contributed by atoms with van der Waals surface area (Å²) in [7, 11) is 1.85. The Bertz CT molecular complexity index is 888. The maximum Gasteiger partial charge on any atom is 0.335 e. The minimum absolute atomic E-state index is 0.267. The van der Waals surface area contributed by atoms with E-state index in [0.717, 1.165) is 22.5 Å². The predicted octanol–water partition coefficient (Wildman–Crippen LogP) is 2.50. The fraction of sp³-hybridized carbons (Fsp3) is 0.176. The second-order valence-electron chi connectivity index (χ2n) is 5.45. The molecule has 0 spiro atoms. The van der Waals surface area contributed by atoms with Gasteiger partial charge < -0.3 is 10.4 Å². The van der Waals surface area contributed by atoms with Crippen LogP contribution < -0.4 is 5.32 Å². The molecule has 0 atom stereocenters. The third-order valence-corrected chi connectivity index (χ3v) is 3.61. The minimum atomic E-state index is -0.936. The molecule has 24 heavy (non-hydrogen) atoms. The number of carboxylic acids is 1. The zero-order chi connectivity index (χ0) is 17.1. The van der Waals surface area contributed by atoms with Gasteiger partial charge >= 0.3 is 5.97 Å². The van der Waals surface area contributed by atoms with E-state index in [1.807, 2.05) is 26.2 Å². The molecule has 2 heterocycles. The number of benzene rings is 1. The van der Waals surface area contributed by atoms with Gasteiger partial charge in [0, 0.05) is 25.0 Å². The highest BCUT2D eigenvalue weighted by molar-refractivity contribution is 5.88. The van der Waals surface area contributed by atoms with Gasteiger partial charge in [0.15, 0.2) is 0 Å². The molecule has 0 fully saturated rings. The van der Waals surface area contributed by atoms with E-state index >= 15 is 0 Å². The fourth-order valence-electron chi connectivity index (χ4n) is 2.41. The lowest BCUT2D eigenvalue weighted by atomic mass is 10.0. The summed E-state index contributed by atoms with van der Waals surface area (Å²) in [6.07, 6.45) is 5.31. The molecule has 0 amide bonds. The van der Waals surface area contributed by atoms with Crippen LogP contribution in [0.3, 0.4) is 0 Å². The quantitative estimate of drug-likeness (QED) is 0.749. The van der Waals surface area contributed by atoms with Gasteiger partial charge in [-0.3, -0.25) is 4.68 Å². The molecule has 2 aromatic heterocycles. The summed E-state index contributed by atoms with van der Waals surface area (Å²) in [4.78, 5) is 19.9.